The fourth-order valence-corrected chi connectivity index (χ4v) is 3.69. The van der Waals surface area contributed by atoms with Gasteiger partial charge in [-0.15, -0.1) is 0 Å². The van der Waals surface area contributed by atoms with E-state index in [0.717, 1.165) is 23.4 Å². The fourth-order valence-electron chi connectivity index (χ4n) is 3.69. The third kappa shape index (κ3) is 4.96. The van der Waals surface area contributed by atoms with Gasteiger partial charge in [-0.25, -0.2) is 4.68 Å². The summed E-state index contributed by atoms with van der Waals surface area (Å²) in [4.78, 5) is 12.9. The van der Waals surface area contributed by atoms with E-state index in [1.807, 2.05) is 36.5 Å². The van der Waals surface area contributed by atoms with Gasteiger partial charge in [-0.05, 0) is 48.0 Å². The predicted octanol–water partition coefficient (Wildman–Crippen LogP) is 6.13. The maximum absolute atomic E-state index is 12.9. The van der Waals surface area contributed by atoms with Gasteiger partial charge in [0.05, 0.1) is 23.0 Å². The third-order valence-electron chi connectivity index (χ3n) is 5.51. The number of nitrogens with zero attached hydrogens (tertiary/aromatic N) is 2. The maximum Gasteiger partial charge on any atom is 0.416 e. The summed E-state index contributed by atoms with van der Waals surface area (Å²) in [5, 5.41) is 4.34. The zero-order valence-corrected chi connectivity index (χ0v) is 18.3. The summed E-state index contributed by atoms with van der Waals surface area (Å²) >= 11 is 0. The van der Waals surface area contributed by atoms with Crippen molar-refractivity contribution in [3.05, 3.63) is 113 Å². The number of hydrogen-bond acceptors (Lipinski definition) is 4. The first kappa shape index (κ1) is 22.5. The zero-order valence-electron chi connectivity index (χ0n) is 18.3. The van der Waals surface area contributed by atoms with Crippen molar-refractivity contribution < 1.29 is 27.4 Å². The number of alkyl halides is 3. The van der Waals surface area contributed by atoms with Gasteiger partial charge in [-0.3, -0.25) is 4.79 Å². The van der Waals surface area contributed by atoms with Gasteiger partial charge in [-0.1, -0.05) is 30.3 Å². The highest BCUT2D eigenvalue weighted by Gasteiger charge is 2.30. The third-order valence-corrected chi connectivity index (χ3v) is 5.51. The molecule has 0 saturated carbocycles. The second-order valence-corrected chi connectivity index (χ2v) is 7.98. The summed E-state index contributed by atoms with van der Waals surface area (Å²) in [6.45, 7) is 0.304. The lowest BCUT2D eigenvalue weighted by Gasteiger charge is -2.20. The summed E-state index contributed by atoms with van der Waals surface area (Å²) in [6, 6.07) is 19.3. The second kappa shape index (κ2) is 9.13. The molecular weight excluding hydrogens is 457 g/mol. The Kier molecular flexibility index (Phi) is 5.86. The first-order valence-electron chi connectivity index (χ1n) is 10.8. The molecule has 3 aromatic carbocycles. The number of ether oxygens (including phenoxy) is 2. The van der Waals surface area contributed by atoms with E-state index in [9.17, 15) is 18.0 Å². The highest BCUT2D eigenvalue weighted by atomic mass is 19.4. The molecule has 1 aliphatic rings. The van der Waals surface area contributed by atoms with Gasteiger partial charge in [-0.2, -0.15) is 18.3 Å². The number of para-hydroxylation sites is 1. The van der Waals surface area contributed by atoms with Crippen LogP contribution in [0, 0.1) is 0 Å². The van der Waals surface area contributed by atoms with Crippen LogP contribution in [-0.2, 0) is 12.8 Å². The molecule has 0 radical (unpaired) electrons. The quantitative estimate of drug-likeness (QED) is 0.325. The molecule has 0 bridgehead atoms. The summed E-state index contributed by atoms with van der Waals surface area (Å²) in [6.07, 6.45) is 0.743. The lowest BCUT2D eigenvalue weighted by Crippen LogP contribution is -2.19. The van der Waals surface area contributed by atoms with Crippen LogP contribution in [0.5, 0.6) is 11.5 Å². The topological polar surface area (TPSA) is 53.4 Å². The van der Waals surface area contributed by atoms with Crippen molar-refractivity contribution in [1.82, 2.24) is 9.78 Å². The van der Waals surface area contributed by atoms with Crippen LogP contribution in [0.15, 0.2) is 90.8 Å². The van der Waals surface area contributed by atoms with E-state index in [1.54, 1.807) is 35.2 Å². The van der Waals surface area contributed by atoms with Crippen LogP contribution < -0.4 is 9.47 Å². The van der Waals surface area contributed by atoms with Crippen molar-refractivity contribution in [3.8, 4) is 17.2 Å². The van der Waals surface area contributed by atoms with E-state index in [2.05, 4.69) is 5.10 Å². The van der Waals surface area contributed by atoms with Gasteiger partial charge >= 0.3 is 6.18 Å². The average molecular weight is 476 g/mol. The second-order valence-electron chi connectivity index (χ2n) is 7.98. The van der Waals surface area contributed by atoms with E-state index < -0.39 is 11.7 Å². The number of benzene rings is 3. The molecule has 1 aliphatic heterocycles. The molecular formula is C27H19F3N2O3. The van der Waals surface area contributed by atoms with Gasteiger partial charge in [0.15, 0.2) is 5.78 Å². The number of aromatic nitrogens is 2. The molecule has 5 nitrogen and oxygen atoms in total. The normalized spacial score (nSPS) is 14.5. The van der Waals surface area contributed by atoms with Crippen molar-refractivity contribution in [2.75, 3.05) is 6.61 Å². The molecule has 5 rings (SSSR count). The highest BCUT2D eigenvalue weighted by Crippen LogP contribution is 2.33. The van der Waals surface area contributed by atoms with Crippen molar-refractivity contribution in [1.29, 1.82) is 0 Å². The Bertz CT molecular complexity index is 1390. The summed E-state index contributed by atoms with van der Waals surface area (Å²) in [7, 11) is 0. The molecule has 4 aromatic rings. The summed E-state index contributed by atoms with van der Waals surface area (Å²) < 4.78 is 51.6. The zero-order chi connectivity index (χ0) is 24.4. The maximum atomic E-state index is 12.9. The number of ketones is 1. The van der Waals surface area contributed by atoms with Crippen molar-refractivity contribution in [2.45, 2.75) is 12.8 Å². The molecule has 2 heterocycles. The predicted molar refractivity (Wildman–Crippen MR) is 124 cm³/mol. The molecule has 0 saturated heterocycles. The van der Waals surface area contributed by atoms with Crippen LogP contribution in [0.1, 0.15) is 27.0 Å². The number of hydrogen-bond donors (Lipinski definition) is 0. The minimum absolute atomic E-state index is 0.0140. The minimum atomic E-state index is -4.41. The highest BCUT2D eigenvalue weighted by molar-refractivity contribution is 6.14. The number of Topliss-reactive ketones (excluding diaryl/α,β-unsaturated/α-hetero) is 1. The fraction of sp³-hybridized carbons (Fsp3) is 0.111. The molecule has 0 fully saturated rings. The minimum Gasteiger partial charge on any atom is -0.489 e. The first-order valence-corrected chi connectivity index (χ1v) is 10.8. The van der Waals surface area contributed by atoms with Crippen LogP contribution in [0.2, 0.25) is 0 Å². The lowest BCUT2D eigenvalue weighted by molar-refractivity contribution is -0.137. The van der Waals surface area contributed by atoms with Crippen LogP contribution in [-0.4, -0.2) is 22.2 Å². The van der Waals surface area contributed by atoms with Crippen LogP contribution in [0.25, 0.3) is 11.8 Å². The van der Waals surface area contributed by atoms with Crippen molar-refractivity contribution in [2.24, 2.45) is 0 Å². The Hall–Kier alpha value is -4.33. The molecule has 0 atom stereocenters. The SMILES string of the molecule is O=C1C(=Cc2ccc(C(F)(F)F)cc2)COc2cc(OCc3cnn(-c4ccccc4)c3)ccc21. The molecule has 0 aliphatic carbocycles. The number of carbonyl (C=O) groups is 1. The monoisotopic (exact) mass is 476 g/mol. The van der Waals surface area contributed by atoms with Crippen LogP contribution in [0.3, 0.4) is 0 Å². The van der Waals surface area contributed by atoms with E-state index >= 15 is 0 Å². The van der Waals surface area contributed by atoms with Gasteiger partial charge in [0.1, 0.15) is 24.7 Å². The molecule has 1 aromatic heterocycles. The van der Waals surface area contributed by atoms with E-state index in [-0.39, 0.29) is 12.4 Å². The average Bonchev–Trinajstić information content (AvgIpc) is 3.34. The van der Waals surface area contributed by atoms with Gasteiger partial charge in [0.25, 0.3) is 0 Å². The van der Waals surface area contributed by atoms with E-state index in [4.69, 9.17) is 9.47 Å². The summed E-state index contributed by atoms with van der Waals surface area (Å²) in [5.41, 5.74) is 2.31. The van der Waals surface area contributed by atoms with Gasteiger partial charge in [0.2, 0.25) is 0 Å². The van der Waals surface area contributed by atoms with Gasteiger partial charge < -0.3 is 9.47 Å². The van der Waals surface area contributed by atoms with Crippen molar-refractivity contribution in [3.63, 3.8) is 0 Å². The Balaban J connectivity index is 1.26. The molecule has 0 spiro atoms. The Morgan fingerprint density at radius 2 is 1.80 bits per heavy atom. The molecule has 35 heavy (non-hydrogen) atoms. The van der Waals surface area contributed by atoms with Gasteiger partial charge in [0, 0.05) is 23.4 Å². The Morgan fingerprint density at radius 1 is 1.03 bits per heavy atom. The number of rotatable bonds is 5. The summed E-state index contributed by atoms with van der Waals surface area (Å²) in [5.74, 6) is 0.707. The van der Waals surface area contributed by atoms with E-state index in [0.29, 0.717) is 34.8 Å². The molecule has 176 valence electrons. The van der Waals surface area contributed by atoms with Crippen LogP contribution in [0.4, 0.5) is 13.2 Å². The first-order chi connectivity index (χ1) is 16.9. The Labute approximate surface area is 199 Å². The largest absolute Gasteiger partial charge is 0.489 e. The molecule has 0 N–H and O–H groups in total. The molecule has 8 heteroatoms. The van der Waals surface area contributed by atoms with Crippen LogP contribution >= 0.6 is 0 Å². The Morgan fingerprint density at radius 3 is 2.54 bits per heavy atom. The molecule has 0 amide bonds. The number of halogens is 3. The van der Waals surface area contributed by atoms with Crippen molar-refractivity contribution >= 4 is 11.9 Å². The number of fused-ring (bicyclic) bond motifs is 1. The van der Waals surface area contributed by atoms with E-state index in [1.165, 1.54) is 12.1 Å². The number of carbonyl (C=O) groups excluding carboxylic acids is 1. The lowest BCUT2D eigenvalue weighted by atomic mass is 9.98. The molecule has 0 unspecified atom stereocenters. The smallest absolute Gasteiger partial charge is 0.416 e. The standard InChI is InChI=1S/C27H19F3N2O3/c28-27(29,30)21-8-6-18(7-9-21)12-20-17-35-25-13-23(10-11-24(25)26(20)33)34-16-19-14-31-32(15-19)22-4-2-1-3-5-22/h1-15H,16-17H2.